The summed E-state index contributed by atoms with van der Waals surface area (Å²) in [6.45, 7) is 4.90. The number of hydrogen-bond donors (Lipinski definition) is 1. The molecular weight excluding hydrogens is 208 g/mol. The first-order valence-corrected chi connectivity index (χ1v) is 5.16. The number of carbonyl (C=O) groups excluding carboxylic acids is 1. The van der Waals surface area contributed by atoms with Crippen molar-refractivity contribution in [2.45, 2.75) is 13.8 Å². The molecule has 0 bridgehead atoms. The Kier molecular flexibility index (Phi) is 4.10. The molecule has 0 atom stereocenters. The molecule has 0 saturated carbocycles. The number of rotatable bonds is 4. The number of nitrogens with zero attached hydrogens (tertiary/aromatic N) is 2. The number of carbonyl (C=O) groups is 1. The second kappa shape index (κ2) is 5.34. The van der Waals surface area contributed by atoms with Gasteiger partial charge >= 0.3 is 0 Å². The van der Waals surface area contributed by atoms with Gasteiger partial charge in [0.05, 0.1) is 7.11 Å². The van der Waals surface area contributed by atoms with E-state index in [0.717, 1.165) is 0 Å². The van der Waals surface area contributed by atoms with Gasteiger partial charge in [0.2, 0.25) is 0 Å². The first kappa shape index (κ1) is 12.3. The van der Waals surface area contributed by atoms with E-state index in [4.69, 9.17) is 4.74 Å². The van der Waals surface area contributed by atoms with Gasteiger partial charge in [0.15, 0.2) is 17.2 Å². The lowest BCUT2D eigenvalue weighted by Crippen LogP contribution is -2.31. The highest BCUT2D eigenvalue weighted by Crippen LogP contribution is 2.28. The lowest BCUT2D eigenvalue weighted by molar-refractivity contribution is 0.0763. The van der Waals surface area contributed by atoms with Crippen molar-refractivity contribution in [1.29, 1.82) is 0 Å². The van der Waals surface area contributed by atoms with Gasteiger partial charge in [0.25, 0.3) is 5.91 Å². The van der Waals surface area contributed by atoms with Crippen molar-refractivity contribution >= 4 is 5.91 Å². The van der Waals surface area contributed by atoms with E-state index in [0.29, 0.717) is 13.1 Å². The van der Waals surface area contributed by atoms with E-state index in [2.05, 4.69) is 4.98 Å². The lowest BCUT2D eigenvalue weighted by atomic mass is 10.2. The maximum Gasteiger partial charge on any atom is 0.276 e. The number of amides is 1. The third-order valence-corrected chi connectivity index (χ3v) is 2.36. The van der Waals surface area contributed by atoms with E-state index < -0.39 is 0 Å². The van der Waals surface area contributed by atoms with Gasteiger partial charge in [0.1, 0.15) is 0 Å². The lowest BCUT2D eigenvalue weighted by Gasteiger charge is -2.18. The van der Waals surface area contributed by atoms with Crippen LogP contribution in [-0.4, -0.2) is 41.1 Å². The molecule has 88 valence electrons. The third kappa shape index (κ3) is 2.24. The molecule has 0 spiro atoms. The number of hydrogen-bond acceptors (Lipinski definition) is 4. The van der Waals surface area contributed by atoms with E-state index >= 15 is 0 Å². The molecule has 1 aromatic heterocycles. The van der Waals surface area contributed by atoms with Crippen molar-refractivity contribution in [2.75, 3.05) is 20.2 Å². The van der Waals surface area contributed by atoms with Crippen LogP contribution < -0.4 is 4.74 Å². The van der Waals surface area contributed by atoms with Gasteiger partial charge in [-0.25, -0.2) is 4.98 Å². The number of ether oxygens (including phenoxy) is 1. The van der Waals surface area contributed by atoms with Gasteiger partial charge in [-0.2, -0.15) is 0 Å². The molecule has 5 nitrogen and oxygen atoms in total. The molecule has 0 aliphatic carbocycles. The Bertz CT molecular complexity index is 375. The SMILES string of the molecule is CCN(CC)C(=O)c1nccc(OC)c1O. The Balaban J connectivity index is 3.08. The Hall–Kier alpha value is -1.78. The number of aromatic hydroxyl groups is 1. The number of aromatic nitrogens is 1. The normalized spacial score (nSPS) is 9.94. The maximum absolute atomic E-state index is 11.9. The summed E-state index contributed by atoms with van der Waals surface area (Å²) >= 11 is 0. The molecule has 0 aliphatic rings. The Labute approximate surface area is 94.7 Å². The molecule has 0 aliphatic heterocycles. The Morgan fingerprint density at radius 1 is 1.50 bits per heavy atom. The minimum Gasteiger partial charge on any atom is -0.503 e. The van der Waals surface area contributed by atoms with Gasteiger partial charge in [-0.1, -0.05) is 0 Å². The summed E-state index contributed by atoms with van der Waals surface area (Å²) in [5.41, 5.74) is 0.0306. The summed E-state index contributed by atoms with van der Waals surface area (Å²) < 4.78 is 4.92. The highest BCUT2D eigenvalue weighted by Gasteiger charge is 2.20. The molecule has 5 heteroatoms. The molecule has 1 heterocycles. The Morgan fingerprint density at radius 3 is 2.62 bits per heavy atom. The van der Waals surface area contributed by atoms with Crippen molar-refractivity contribution < 1.29 is 14.6 Å². The zero-order chi connectivity index (χ0) is 12.1. The second-order valence-electron chi connectivity index (χ2n) is 3.19. The number of methoxy groups -OCH3 is 1. The van der Waals surface area contributed by atoms with E-state index in [1.807, 2.05) is 13.8 Å². The van der Waals surface area contributed by atoms with Crippen molar-refractivity contribution in [1.82, 2.24) is 9.88 Å². The summed E-state index contributed by atoms with van der Waals surface area (Å²) in [6.07, 6.45) is 1.44. The molecule has 0 saturated heterocycles. The van der Waals surface area contributed by atoms with Crippen molar-refractivity contribution in [3.05, 3.63) is 18.0 Å². The standard InChI is InChI=1S/C11H16N2O3/c1-4-13(5-2)11(15)9-10(14)8(16-3)6-7-12-9/h6-7,14H,4-5H2,1-3H3. The highest BCUT2D eigenvalue weighted by atomic mass is 16.5. The molecule has 0 unspecified atom stereocenters. The first-order valence-electron chi connectivity index (χ1n) is 5.16. The predicted molar refractivity (Wildman–Crippen MR) is 59.7 cm³/mol. The van der Waals surface area contributed by atoms with Crippen molar-refractivity contribution in [2.24, 2.45) is 0 Å². The van der Waals surface area contributed by atoms with Crippen LogP contribution in [0.15, 0.2) is 12.3 Å². The molecule has 1 amide bonds. The molecule has 0 fully saturated rings. The molecule has 1 aromatic rings. The molecule has 1 N–H and O–H groups in total. The van der Waals surface area contributed by atoms with Crippen LogP contribution in [0.3, 0.4) is 0 Å². The van der Waals surface area contributed by atoms with Crippen LogP contribution in [0.1, 0.15) is 24.3 Å². The smallest absolute Gasteiger partial charge is 0.276 e. The fourth-order valence-corrected chi connectivity index (χ4v) is 1.42. The van der Waals surface area contributed by atoms with Crippen LogP contribution in [-0.2, 0) is 0 Å². The van der Waals surface area contributed by atoms with Crippen LogP contribution in [0, 0.1) is 0 Å². The monoisotopic (exact) mass is 224 g/mol. The summed E-state index contributed by atoms with van der Waals surface area (Å²) in [5.74, 6) is -0.242. The van der Waals surface area contributed by atoms with Crippen molar-refractivity contribution in [3.8, 4) is 11.5 Å². The molecule has 0 aromatic carbocycles. The summed E-state index contributed by atoms with van der Waals surface area (Å²) in [6, 6.07) is 1.51. The van der Waals surface area contributed by atoms with E-state index in [9.17, 15) is 9.90 Å². The molecule has 0 radical (unpaired) electrons. The third-order valence-electron chi connectivity index (χ3n) is 2.36. The van der Waals surface area contributed by atoms with Crippen LogP contribution in [0.5, 0.6) is 11.5 Å². The minimum absolute atomic E-state index is 0.0306. The highest BCUT2D eigenvalue weighted by molar-refractivity contribution is 5.95. The minimum atomic E-state index is -0.290. The summed E-state index contributed by atoms with van der Waals surface area (Å²) in [4.78, 5) is 17.4. The molecule has 1 rings (SSSR count). The van der Waals surface area contributed by atoms with Crippen molar-refractivity contribution in [3.63, 3.8) is 0 Å². The quantitative estimate of drug-likeness (QED) is 0.836. The van der Waals surface area contributed by atoms with Gasteiger partial charge in [-0.05, 0) is 13.8 Å². The number of pyridine rings is 1. The van der Waals surface area contributed by atoms with Crippen LogP contribution >= 0.6 is 0 Å². The zero-order valence-electron chi connectivity index (χ0n) is 9.73. The van der Waals surface area contributed by atoms with E-state index in [1.165, 1.54) is 19.4 Å². The van der Waals surface area contributed by atoms with E-state index in [1.54, 1.807) is 4.90 Å². The maximum atomic E-state index is 11.9. The van der Waals surface area contributed by atoms with Crippen LogP contribution in [0.2, 0.25) is 0 Å². The first-order chi connectivity index (χ1) is 7.65. The van der Waals surface area contributed by atoms with Crippen LogP contribution in [0.4, 0.5) is 0 Å². The summed E-state index contributed by atoms with van der Waals surface area (Å²) in [7, 11) is 1.43. The van der Waals surface area contributed by atoms with Gasteiger partial charge in [-0.15, -0.1) is 0 Å². The predicted octanol–water partition coefficient (Wildman–Crippen LogP) is 1.28. The second-order valence-corrected chi connectivity index (χ2v) is 3.19. The molecule has 16 heavy (non-hydrogen) atoms. The average Bonchev–Trinajstić information content (AvgIpc) is 2.30. The summed E-state index contributed by atoms with van der Waals surface area (Å²) in [5, 5.41) is 9.76. The zero-order valence-corrected chi connectivity index (χ0v) is 9.73. The fraction of sp³-hybridized carbons (Fsp3) is 0.455. The molecular formula is C11H16N2O3. The van der Waals surface area contributed by atoms with Gasteiger partial charge in [-0.3, -0.25) is 4.79 Å². The topological polar surface area (TPSA) is 62.7 Å². The van der Waals surface area contributed by atoms with Gasteiger partial charge < -0.3 is 14.7 Å². The average molecular weight is 224 g/mol. The van der Waals surface area contributed by atoms with E-state index in [-0.39, 0.29) is 23.1 Å². The van der Waals surface area contributed by atoms with Gasteiger partial charge in [0, 0.05) is 25.4 Å². The van der Waals surface area contributed by atoms with Crippen LogP contribution in [0.25, 0.3) is 0 Å². The Morgan fingerprint density at radius 2 is 2.12 bits per heavy atom. The fourth-order valence-electron chi connectivity index (χ4n) is 1.42. The largest absolute Gasteiger partial charge is 0.503 e.